The highest BCUT2D eigenvalue weighted by Gasteiger charge is 2.16. The molecule has 0 heterocycles. The van der Waals surface area contributed by atoms with Crippen LogP contribution in [0.4, 0.5) is 17.1 Å². The number of ether oxygens (including phenoxy) is 1. The molecule has 0 aliphatic carbocycles. The van der Waals surface area contributed by atoms with Crippen molar-refractivity contribution in [2.75, 3.05) is 17.7 Å². The van der Waals surface area contributed by atoms with Crippen molar-refractivity contribution in [3.05, 3.63) is 62.7 Å². The molecular weight excluding hydrogens is 364 g/mol. The molecular formula is C16H11ClN4O5. The maximum atomic E-state index is 11.9. The van der Waals surface area contributed by atoms with Crippen molar-refractivity contribution in [1.29, 1.82) is 5.26 Å². The Kier molecular flexibility index (Phi) is 5.72. The standard InChI is InChI=1S/C16H11ClN4O5/c17-10-1-3-12(13(19)6-10)16(23)26-8-15(22)20-14-4-2-11(21(24)25)5-9(14)7-18/h1-6H,8,19H2,(H,20,22). The molecule has 1 amide bonds. The van der Waals surface area contributed by atoms with E-state index in [0.717, 1.165) is 12.1 Å². The van der Waals surface area contributed by atoms with Gasteiger partial charge in [-0.25, -0.2) is 4.79 Å². The van der Waals surface area contributed by atoms with Crippen LogP contribution in [0.15, 0.2) is 36.4 Å². The number of anilines is 2. The fourth-order valence-corrected chi connectivity index (χ4v) is 2.14. The average Bonchev–Trinajstić information content (AvgIpc) is 2.59. The van der Waals surface area contributed by atoms with E-state index in [1.54, 1.807) is 6.07 Å². The zero-order valence-corrected chi connectivity index (χ0v) is 13.8. The number of carbonyl (C=O) groups is 2. The molecule has 0 bridgehead atoms. The summed E-state index contributed by atoms with van der Waals surface area (Å²) < 4.78 is 4.85. The monoisotopic (exact) mass is 374 g/mol. The number of rotatable bonds is 5. The fourth-order valence-electron chi connectivity index (χ4n) is 1.96. The second-order valence-corrected chi connectivity index (χ2v) is 5.39. The number of nitro groups is 1. The summed E-state index contributed by atoms with van der Waals surface area (Å²) >= 11 is 5.73. The normalized spacial score (nSPS) is 9.85. The number of amides is 1. The first-order valence-electron chi connectivity index (χ1n) is 7.02. The highest BCUT2D eigenvalue weighted by Crippen LogP contribution is 2.22. The molecule has 0 atom stereocenters. The number of halogens is 1. The molecule has 0 aliphatic heterocycles. The lowest BCUT2D eigenvalue weighted by molar-refractivity contribution is -0.384. The van der Waals surface area contributed by atoms with Crippen molar-refractivity contribution in [1.82, 2.24) is 0 Å². The zero-order chi connectivity index (χ0) is 19.3. The second kappa shape index (κ2) is 7.96. The van der Waals surface area contributed by atoms with Gasteiger partial charge in [0, 0.05) is 22.8 Å². The molecule has 132 valence electrons. The number of nitrogens with two attached hydrogens (primary N) is 1. The van der Waals surface area contributed by atoms with Crippen LogP contribution < -0.4 is 11.1 Å². The van der Waals surface area contributed by atoms with Crippen molar-refractivity contribution in [2.45, 2.75) is 0 Å². The van der Waals surface area contributed by atoms with E-state index < -0.39 is 23.4 Å². The predicted molar refractivity (Wildman–Crippen MR) is 92.6 cm³/mol. The third kappa shape index (κ3) is 4.46. The van der Waals surface area contributed by atoms with Crippen molar-refractivity contribution in [3.8, 4) is 6.07 Å². The average molecular weight is 375 g/mol. The first kappa shape index (κ1) is 18.7. The van der Waals surface area contributed by atoms with Gasteiger partial charge in [-0.15, -0.1) is 0 Å². The number of hydrogen-bond donors (Lipinski definition) is 2. The first-order valence-corrected chi connectivity index (χ1v) is 7.40. The van der Waals surface area contributed by atoms with Crippen molar-refractivity contribution < 1.29 is 19.2 Å². The largest absolute Gasteiger partial charge is 0.452 e. The van der Waals surface area contributed by atoms with E-state index in [1.165, 1.54) is 24.3 Å². The molecule has 9 nitrogen and oxygen atoms in total. The van der Waals surface area contributed by atoms with Gasteiger partial charge in [0.1, 0.15) is 6.07 Å². The van der Waals surface area contributed by atoms with Crippen LogP contribution in [0.3, 0.4) is 0 Å². The van der Waals surface area contributed by atoms with Crippen LogP contribution in [-0.4, -0.2) is 23.4 Å². The third-order valence-corrected chi connectivity index (χ3v) is 3.41. The summed E-state index contributed by atoms with van der Waals surface area (Å²) in [4.78, 5) is 33.8. The van der Waals surface area contributed by atoms with Gasteiger partial charge in [0.15, 0.2) is 6.61 Å². The van der Waals surface area contributed by atoms with Gasteiger partial charge in [0.05, 0.1) is 21.7 Å². The number of nitrogens with one attached hydrogen (secondary N) is 1. The van der Waals surface area contributed by atoms with E-state index in [4.69, 9.17) is 27.3 Å². The Balaban J connectivity index is 2.02. The molecule has 0 unspecified atom stereocenters. The topological polar surface area (TPSA) is 148 Å². The lowest BCUT2D eigenvalue weighted by Gasteiger charge is -2.09. The van der Waals surface area contributed by atoms with Gasteiger partial charge >= 0.3 is 5.97 Å². The number of nitriles is 1. The Morgan fingerprint density at radius 2 is 2.04 bits per heavy atom. The quantitative estimate of drug-likeness (QED) is 0.353. The predicted octanol–water partition coefficient (Wildman–Crippen LogP) is 2.50. The number of nitro benzene ring substituents is 1. The maximum Gasteiger partial charge on any atom is 0.340 e. The Labute approximate surface area is 152 Å². The van der Waals surface area contributed by atoms with Crippen LogP contribution in [0.5, 0.6) is 0 Å². The van der Waals surface area contributed by atoms with E-state index >= 15 is 0 Å². The zero-order valence-electron chi connectivity index (χ0n) is 13.1. The smallest absolute Gasteiger partial charge is 0.340 e. The summed E-state index contributed by atoms with van der Waals surface area (Å²) in [5, 5.41) is 22.4. The number of hydrogen-bond acceptors (Lipinski definition) is 7. The molecule has 10 heteroatoms. The number of nitrogen functional groups attached to an aromatic ring is 1. The van der Waals surface area contributed by atoms with E-state index in [2.05, 4.69) is 5.32 Å². The van der Waals surface area contributed by atoms with Gasteiger partial charge in [-0.05, 0) is 24.3 Å². The fraction of sp³-hybridized carbons (Fsp3) is 0.0625. The van der Waals surface area contributed by atoms with Crippen LogP contribution in [0.1, 0.15) is 15.9 Å². The number of carbonyl (C=O) groups excluding carboxylic acids is 2. The lowest BCUT2D eigenvalue weighted by atomic mass is 10.1. The van der Waals surface area contributed by atoms with Gasteiger partial charge in [0.25, 0.3) is 11.6 Å². The van der Waals surface area contributed by atoms with Gasteiger partial charge in [0.2, 0.25) is 0 Å². The van der Waals surface area contributed by atoms with E-state index in [9.17, 15) is 19.7 Å². The highest BCUT2D eigenvalue weighted by molar-refractivity contribution is 6.31. The van der Waals surface area contributed by atoms with Crippen LogP contribution in [-0.2, 0) is 9.53 Å². The SMILES string of the molecule is N#Cc1cc([N+](=O)[O-])ccc1NC(=O)COC(=O)c1ccc(Cl)cc1N. The minimum atomic E-state index is -0.821. The minimum Gasteiger partial charge on any atom is -0.452 e. The molecule has 0 fully saturated rings. The Morgan fingerprint density at radius 3 is 2.65 bits per heavy atom. The number of nitrogens with zero attached hydrogens (tertiary/aromatic N) is 2. The van der Waals surface area contributed by atoms with Crippen LogP contribution in [0.25, 0.3) is 0 Å². The Morgan fingerprint density at radius 1 is 1.31 bits per heavy atom. The molecule has 0 aliphatic rings. The van der Waals surface area contributed by atoms with E-state index in [0.29, 0.717) is 5.02 Å². The second-order valence-electron chi connectivity index (χ2n) is 4.95. The summed E-state index contributed by atoms with van der Waals surface area (Å²) in [7, 11) is 0. The van der Waals surface area contributed by atoms with Crippen molar-refractivity contribution in [3.63, 3.8) is 0 Å². The Hall–Kier alpha value is -3.64. The molecule has 2 rings (SSSR count). The molecule has 0 saturated carbocycles. The molecule has 0 aromatic heterocycles. The summed E-state index contributed by atoms with van der Waals surface area (Å²) in [6.45, 7) is -0.636. The van der Waals surface area contributed by atoms with Crippen LogP contribution in [0.2, 0.25) is 5.02 Å². The van der Waals surface area contributed by atoms with Crippen LogP contribution in [0, 0.1) is 21.4 Å². The van der Waals surface area contributed by atoms with E-state index in [1.807, 2.05) is 0 Å². The molecule has 26 heavy (non-hydrogen) atoms. The summed E-state index contributed by atoms with van der Waals surface area (Å²) in [5.41, 5.74) is 5.48. The van der Waals surface area contributed by atoms with Gasteiger partial charge in [-0.1, -0.05) is 11.6 Å². The highest BCUT2D eigenvalue weighted by atomic mass is 35.5. The van der Waals surface area contributed by atoms with Gasteiger partial charge in [-0.2, -0.15) is 5.26 Å². The molecule has 0 spiro atoms. The maximum absolute atomic E-state index is 11.9. The number of esters is 1. The summed E-state index contributed by atoms with van der Waals surface area (Å²) in [6.07, 6.45) is 0. The molecule has 2 aromatic rings. The van der Waals surface area contributed by atoms with E-state index in [-0.39, 0.29) is 28.2 Å². The third-order valence-electron chi connectivity index (χ3n) is 3.18. The molecule has 2 aromatic carbocycles. The minimum absolute atomic E-state index is 0.0512. The Bertz CT molecular complexity index is 939. The molecule has 0 saturated heterocycles. The number of benzene rings is 2. The van der Waals surface area contributed by atoms with Gasteiger partial charge in [-0.3, -0.25) is 14.9 Å². The lowest BCUT2D eigenvalue weighted by Crippen LogP contribution is -2.21. The summed E-state index contributed by atoms with van der Waals surface area (Å²) in [6, 6.07) is 9.30. The number of non-ortho nitro benzene ring substituents is 1. The van der Waals surface area contributed by atoms with Crippen molar-refractivity contribution >= 4 is 40.5 Å². The van der Waals surface area contributed by atoms with Crippen molar-refractivity contribution in [2.24, 2.45) is 0 Å². The van der Waals surface area contributed by atoms with Crippen LogP contribution >= 0.6 is 11.6 Å². The first-order chi connectivity index (χ1) is 12.3. The molecule has 0 radical (unpaired) electrons. The molecule has 3 N–H and O–H groups in total. The summed E-state index contributed by atoms with van der Waals surface area (Å²) in [5.74, 6) is -1.55. The van der Waals surface area contributed by atoms with Gasteiger partial charge < -0.3 is 15.8 Å².